The molecule has 1 heterocycles. The predicted molar refractivity (Wildman–Crippen MR) is 73.1 cm³/mol. The molecule has 1 aliphatic carbocycles. The van der Waals surface area contributed by atoms with Gasteiger partial charge >= 0.3 is 0 Å². The predicted octanol–water partition coefficient (Wildman–Crippen LogP) is 3.50. The highest BCUT2D eigenvalue weighted by atomic mass is 35.5. The summed E-state index contributed by atoms with van der Waals surface area (Å²) in [4.78, 5) is 14.0. The van der Waals surface area contributed by atoms with Crippen LogP contribution in [0.1, 0.15) is 39.4 Å². The van der Waals surface area contributed by atoms with Crippen molar-refractivity contribution >= 4 is 28.8 Å². The van der Waals surface area contributed by atoms with Crippen LogP contribution in [0.25, 0.3) is 0 Å². The van der Waals surface area contributed by atoms with E-state index in [0.29, 0.717) is 11.3 Å². The van der Waals surface area contributed by atoms with Crippen molar-refractivity contribution in [1.29, 1.82) is 0 Å². The van der Waals surface area contributed by atoms with Crippen LogP contribution in [-0.4, -0.2) is 17.8 Å². The topological polar surface area (TPSA) is 29.1 Å². The van der Waals surface area contributed by atoms with E-state index in [1.807, 2.05) is 19.9 Å². The minimum absolute atomic E-state index is 0.0595. The quantitative estimate of drug-likeness (QED) is 0.838. The highest BCUT2D eigenvalue weighted by Crippen LogP contribution is 2.29. The minimum atomic E-state index is 0.0595. The van der Waals surface area contributed by atoms with E-state index in [1.54, 1.807) is 11.3 Å². The molecule has 1 aliphatic rings. The van der Waals surface area contributed by atoms with Gasteiger partial charge in [0.25, 0.3) is 5.91 Å². The monoisotopic (exact) mass is 271 g/mol. The van der Waals surface area contributed by atoms with Crippen molar-refractivity contribution in [3.8, 4) is 0 Å². The molecule has 4 heteroatoms. The van der Waals surface area contributed by atoms with Crippen molar-refractivity contribution in [2.45, 2.75) is 38.5 Å². The number of carbonyl (C=O) groups is 1. The van der Waals surface area contributed by atoms with Crippen molar-refractivity contribution < 1.29 is 4.79 Å². The number of rotatable bonds is 3. The van der Waals surface area contributed by atoms with Gasteiger partial charge in [0.2, 0.25) is 0 Å². The van der Waals surface area contributed by atoms with Crippen LogP contribution in [0.2, 0.25) is 0 Å². The summed E-state index contributed by atoms with van der Waals surface area (Å²) in [5.41, 5.74) is 1.20. The third-order valence-corrected chi connectivity index (χ3v) is 4.97. The second-order valence-corrected chi connectivity index (χ2v) is 6.71. The Balaban J connectivity index is 1.85. The summed E-state index contributed by atoms with van der Waals surface area (Å²) in [6, 6.07) is 1.97. The van der Waals surface area contributed by atoms with Crippen LogP contribution in [0.3, 0.4) is 0 Å². The third kappa shape index (κ3) is 3.23. The third-order valence-electron chi connectivity index (χ3n) is 3.42. The summed E-state index contributed by atoms with van der Waals surface area (Å²) >= 11 is 7.62. The molecule has 0 bridgehead atoms. The number of halogens is 1. The number of thiophene rings is 1. The molecular weight excluding hydrogens is 254 g/mol. The van der Waals surface area contributed by atoms with Gasteiger partial charge in [-0.15, -0.1) is 22.9 Å². The van der Waals surface area contributed by atoms with Gasteiger partial charge in [0, 0.05) is 16.8 Å². The van der Waals surface area contributed by atoms with Gasteiger partial charge < -0.3 is 5.32 Å². The fourth-order valence-electron chi connectivity index (χ4n) is 2.21. The van der Waals surface area contributed by atoms with Gasteiger partial charge in [-0.05, 0) is 50.7 Å². The Morgan fingerprint density at radius 2 is 2.29 bits per heavy atom. The average Bonchev–Trinajstić information content (AvgIpc) is 2.83. The summed E-state index contributed by atoms with van der Waals surface area (Å²) in [6.45, 7) is 4.85. The summed E-state index contributed by atoms with van der Waals surface area (Å²) in [5.74, 6) is 0.618. The normalized spacial score (nSPS) is 23.9. The number of carbonyl (C=O) groups excluding carboxylic acids is 1. The van der Waals surface area contributed by atoms with Gasteiger partial charge in [-0.2, -0.15) is 0 Å². The van der Waals surface area contributed by atoms with Gasteiger partial charge in [0.05, 0.1) is 4.88 Å². The van der Waals surface area contributed by atoms with E-state index >= 15 is 0 Å². The van der Waals surface area contributed by atoms with Crippen LogP contribution in [0.5, 0.6) is 0 Å². The molecule has 17 heavy (non-hydrogen) atoms. The largest absolute Gasteiger partial charge is 0.351 e. The highest BCUT2D eigenvalue weighted by Gasteiger charge is 2.23. The number of alkyl halides is 1. The molecule has 1 amide bonds. The van der Waals surface area contributed by atoms with Crippen molar-refractivity contribution in [3.63, 3.8) is 0 Å². The molecule has 1 N–H and O–H groups in total. The maximum absolute atomic E-state index is 11.9. The van der Waals surface area contributed by atoms with Gasteiger partial charge in [-0.25, -0.2) is 0 Å². The molecule has 2 atom stereocenters. The van der Waals surface area contributed by atoms with Crippen molar-refractivity contribution in [2.24, 2.45) is 5.92 Å². The van der Waals surface area contributed by atoms with E-state index in [-0.39, 0.29) is 5.91 Å². The number of amides is 1. The minimum Gasteiger partial charge on any atom is -0.351 e. The van der Waals surface area contributed by atoms with Crippen LogP contribution in [-0.2, 0) is 0 Å². The molecular formula is C13H18ClNOS. The Morgan fingerprint density at radius 3 is 2.82 bits per heavy atom. The number of hydrogen-bond acceptors (Lipinski definition) is 2. The first kappa shape index (κ1) is 12.9. The number of aryl methyl sites for hydroxylation is 2. The highest BCUT2D eigenvalue weighted by molar-refractivity contribution is 7.14. The lowest BCUT2D eigenvalue weighted by Gasteiger charge is -2.09. The van der Waals surface area contributed by atoms with E-state index < -0.39 is 0 Å². The molecule has 0 radical (unpaired) electrons. The molecule has 0 aromatic carbocycles. The van der Waals surface area contributed by atoms with Gasteiger partial charge in [-0.3, -0.25) is 4.79 Å². The molecule has 0 spiro atoms. The van der Waals surface area contributed by atoms with Gasteiger partial charge in [0.1, 0.15) is 0 Å². The second kappa shape index (κ2) is 5.40. The lowest BCUT2D eigenvalue weighted by molar-refractivity contribution is 0.0951. The first-order chi connectivity index (χ1) is 8.06. The molecule has 1 aromatic heterocycles. The zero-order valence-electron chi connectivity index (χ0n) is 10.3. The Kier molecular flexibility index (Phi) is 4.10. The lowest BCUT2D eigenvalue weighted by atomic mass is 10.1. The maximum atomic E-state index is 11.9. The van der Waals surface area contributed by atoms with Gasteiger partial charge in [0.15, 0.2) is 0 Å². The van der Waals surface area contributed by atoms with Crippen LogP contribution in [0, 0.1) is 19.8 Å². The molecule has 2 nitrogen and oxygen atoms in total. The van der Waals surface area contributed by atoms with E-state index in [1.165, 1.54) is 10.4 Å². The smallest absolute Gasteiger partial charge is 0.261 e. The van der Waals surface area contributed by atoms with E-state index in [9.17, 15) is 4.79 Å². The van der Waals surface area contributed by atoms with E-state index in [0.717, 1.165) is 30.7 Å². The first-order valence-electron chi connectivity index (χ1n) is 6.05. The lowest BCUT2D eigenvalue weighted by Crippen LogP contribution is -2.27. The molecule has 2 unspecified atom stereocenters. The van der Waals surface area contributed by atoms with Crippen LogP contribution in [0.4, 0.5) is 0 Å². The molecule has 0 aliphatic heterocycles. The Hall–Kier alpha value is -0.540. The fourth-order valence-corrected chi connectivity index (χ4v) is 3.54. The number of nitrogens with one attached hydrogen (secondary N) is 1. The van der Waals surface area contributed by atoms with Crippen molar-refractivity contribution in [1.82, 2.24) is 5.32 Å². The summed E-state index contributed by atoms with van der Waals surface area (Å²) < 4.78 is 0. The molecule has 1 saturated carbocycles. The zero-order chi connectivity index (χ0) is 12.4. The summed E-state index contributed by atoms with van der Waals surface area (Å²) in [7, 11) is 0. The molecule has 0 saturated heterocycles. The van der Waals surface area contributed by atoms with E-state index in [2.05, 4.69) is 5.32 Å². The number of hydrogen-bond donors (Lipinski definition) is 1. The maximum Gasteiger partial charge on any atom is 0.261 e. The van der Waals surface area contributed by atoms with Crippen LogP contribution < -0.4 is 5.32 Å². The average molecular weight is 272 g/mol. The second-order valence-electron chi connectivity index (χ2n) is 4.84. The molecule has 1 aromatic rings. The van der Waals surface area contributed by atoms with Gasteiger partial charge in [-0.1, -0.05) is 0 Å². The molecule has 94 valence electrons. The SMILES string of the molecule is Cc1cc(C(=O)NCC2CCC(Cl)C2)sc1C. The van der Waals surface area contributed by atoms with E-state index in [4.69, 9.17) is 11.6 Å². The Labute approximate surface area is 111 Å². The molecule has 2 rings (SSSR count). The fraction of sp³-hybridized carbons (Fsp3) is 0.615. The standard InChI is InChI=1S/C13H18ClNOS/c1-8-5-12(17-9(8)2)13(16)15-7-10-3-4-11(14)6-10/h5,10-11H,3-4,6-7H2,1-2H3,(H,15,16). The Bertz CT molecular complexity index is 396. The van der Waals surface area contributed by atoms with Crippen molar-refractivity contribution in [2.75, 3.05) is 6.54 Å². The first-order valence-corrected chi connectivity index (χ1v) is 7.31. The summed E-state index contributed by atoms with van der Waals surface area (Å²) in [6.07, 6.45) is 3.25. The van der Waals surface area contributed by atoms with Crippen LogP contribution in [0.15, 0.2) is 6.07 Å². The Morgan fingerprint density at radius 1 is 1.53 bits per heavy atom. The van der Waals surface area contributed by atoms with Crippen LogP contribution >= 0.6 is 22.9 Å². The zero-order valence-corrected chi connectivity index (χ0v) is 11.8. The summed E-state index contributed by atoms with van der Waals surface area (Å²) in [5, 5.41) is 3.32. The molecule has 1 fully saturated rings. The van der Waals surface area contributed by atoms with Crippen molar-refractivity contribution in [3.05, 3.63) is 21.4 Å².